The number of rotatable bonds is 18. The van der Waals surface area contributed by atoms with Crippen molar-refractivity contribution in [2.24, 2.45) is 0 Å². The lowest BCUT2D eigenvalue weighted by atomic mass is 10.0. The summed E-state index contributed by atoms with van der Waals surface area (Å²) >= 11 is 0. The molecule has 1 saturated heterocycles. The Morgan fingerprint density at radius 2 is 0.917 bits per heavy atom. The van der Waals surface area contributed by atoms with Gasteiger partial charge >= 0.3 is 0 Å². The van der Waals surface area contributed by atoms with Crippen molar-refractivity contribution in [2.45, 2.75) is 56.9 Å². The van der Waals surface area contributed by atoms with Crippen LogP contribution >= 0.6 is 0 Å². The smallest absolute Gasteiger partial charge is 0.222 e. The van der Waals surface area contributed by atoms with Crippen molar-refractivity contribution in [3.8, 4) is 0 Å². The van der Waals surface area contributed by atoms with Gasteiger partial charge in [-0.25, -0.2) is 0 Å². The van der Waals surface area contributed by atoms with Crippen molar-refractivity contribution in [3.63, 3.8) is 0 Å². The van der Waals surface area contributed by atoms with Gasteiger partial charge in [-0.15, -0.1) is 0 Å². The Labute approximate surface area is 284 Å². The van der Waals surface area contributed by atoms with Crippen molar-refractivity contribution in [2.75, 3.05) is 19.8 Å². The number of ether oxygens (including phenoxy) is 6. The van der Waals surface area contributed by atoms with Crippen LogP contribution in [0.4, 0.5) is 0 Å². The quantitative estimate of drug-likeness (QED) is 0.0966. The topological polar surface area (TPSA) is 55.4 Å². The molecule has 1 fully saturated rings. The molecule has 0 radical (unpaired) electrons. The summed E-state index contributed by atoms with van der Waals surface area (Å²) in [4.78, 5) is 0. The van der Waals surface area contributed by atoms with Crippen LogP contribution < -0.4 is 0 Å². The molecule has 0 amide bonds. The Bertz CT molecular complexity index is 1540. The van der Waals surface area contributed by atoms with E-state index in [0.717, 1.165) is 22.3 Å². The molecule has 0 saturated carbocycles. The lowest BCUT2D eigenvalue weighted by molar-refractivity contribution is -0.292. The van der Waals surface area contributed by atoms with E-state index in [0.29, 0.717) is 46.1 Å². The molecule has 5 aromatic rings. The van der Waals surface area contributed by atoms with Gasteiger partial charge in [0.25, 0.3) is 0 Å². The number of hydrogen-bond donors (Lipinski definition) is 0. The molecule has 0 N–H and O–H groups in total. The molecule has 0 unspecified atom stereocenters. The second-order valence-corrected chi connectivity index (χ2v) is 12.0. The van der Waals surface area contributed by atoms with Gasteiger partial charge in [-0.3, -0.25) is 0 Å². The second kappa shape index (κ2) is 17.9. The molecule has 1 aliphatic heterocycles. The molecule has 0 spiro atoms. The molecule has 0 bridgehead atoms. The van der Waals surface area contributed by atoms with Gasteiger partial charge in [-0.1, -0.05) is 152 Å². The zero-order valence-electron chi connectivity index (χ0n) is 27.3. The van der Waals surface area contributed by atoms with E-state index in [1.807, 2.05) is 103 Å². The highest BCUT2D eigenvalue weighted by Crippen LogP contribution is 2.39. The zero-order chi connectivity index (χ0) is 32.7. The van der Waals surface area contributed by atoms with Crippen molar-refractivity contribution >= 4 is 0 Å². The standard InChI is InChI=1S/C42H44O6/c1-6-16-34(17-7-1)26-27-47-42(33-44-29-36-20-10-3-11-21-36)41(46-31-38-24-14-5-15-25-38)40(45-30-37-22-12-4-13-23-37)39(48-42)32-43-28-35-18-8-2-9-19-35/h1-25,39-41H,26-33H2/t39-,40-,41+,42-/m1/s1. The summed E-state index contributed by atoms with van der Waals surface area (Å²) in [5.74, 6) is -1.25. The Balaban J connectivity index is 1.28. The highest BCUT2D eigenvalue weighted by atomic mass is 16.8. The Kier molecular flexibility index (Phi) is 12.6. The van der Waals surface area contributed by atoms with Crippen LogP contribution in [0.15, 0.2) is 152 Å². The summed E-state index contributed by atoms with van der Waals surface area (Å²) in [6, 6.07) is 50.9. The minimum absolute atomic E-state index is 0.149. The molecule has 1 heterocycles. The average Bonchev–Trinajstić information content (AvgIpc) is 3.43. The molecular weight excluding hydrogens is 600 g/mol. The molecule has 6 rings (SSSR count). The highest BCUT2D eigenvalue weighted by Gasteiger charge is 2.58. The first-order chi connectivity index (χ1) is 23.8. The predicted molar refractivity (Wildman–Crippen MR) is 186 cm³/mol. The third-order valence-electron chi connectivity index (χ3n) is 8.40. The number of hydrogen-bond acceptors (Lipinski definition) is 6. The van der Waals surface area contributed by atoms with Gasteiger partial charge in [0.2, 0.25) is 5.79 Å². The summed E-state index contributed by atoms with van der Waals surface area (Å²) in [7, 11) is 0. The van der Waals surface area contributed by atoms with E-state index in [9.17, 15) is 0 Å². The molecule has 4 atom stereocenters. The van der Waals surface area contributed by atoms with E-state index in [4.69, 9.17) is 28.4 Å². The maximum absolute atomic E-state index is 6.94. The molecular formula is C42H44O6. The molecule has 6 heteroatoms. The third-order valence-corrected chi connectivity index (χ3v) is 8.40. The zero-order valence-corrected chi connectivity index (χ0v) is 27.3. The second-order valence-electron chi connectivity index (χ2n) is 12.0. The van der Waals surface area contributed by atoms with E-state index in [-0.39, 0.29) is 6.61 Å². The molecule has 0 aromatic heterocycles. The fourth-order valence-corrected chi connectivity index (χ4v) is 5.92. The van der Waals surface area contributed by atoms with Crippen molar-refractivity contribution < 1.29 is 28.4 Å². The van der Waals surface area contributed by atoms with Crippen molar-refractivity contribution in [3.05, 3.63) is 179 Å². The SMILES string of the molecule is c1ccc(CCO[C@]2(COCc3ccccc3)O[C@H](COCc3ccccc3)[C@@H](OCc3ccccc3)[C@@H]2OCc2ccccc2)cc1. The lowest BCUT2D eigenvalue weighted by Crippen LogP contribution is -2.51. The van der Waals surface area contributed by atoms with Gasteiger partial charge < -0.3 is 28.4 Å². The lowest BCUT2D eigenvalue weighted by Gasteiger charge is -2.35. The van der Waals surface area contributed by atoms with E-state index >= 15 is 0 Å². The normalized spacial score (nSPS) is 20.5. The highest BCUT2D eigenvalue weighted by molar-refractivity contribution is 5.17. The number of benzene rings is 5. The van der Waals surface area contributed by atoms with Crippen LogP contribution in [0.2, 0.25) is 0 Å². The van der Waals surface area contributed by atoms with Crippen LogP contribution in [0.3, 0.4) is 0 Å². The van der Waals surface area contributed by atoms with Crippen molar-refractivity contribution in [1.82, 2.24) is 0 Å². The molecule has 6 nitrogen and oxygen atoms in total. The Morgan fingerprint density at radius 1 is 0.479 bits per heavy atom. The first-order valence-corrected chi connectivity index (χ1v) is 16.7. The Hall–Kier alpha value is -4.14. The third kappa shape index (κ3) is 9.70. The van der Waals surface area contributed by atoms with Crippen LogP contribution in [0, 0.1) is 0 Å². The van der Waals surface area contributed by atoms with Crippen LogP contribution in [-0.4, -0.2) is 43.9 Å². The van der Waals surface area contributed by atoms with E-state index < -0.39 is 24.1 Å². The average molecular weight is 645 g/mol. The molecule has 1 aliphatic rings. The van der Waals surface area contributed by atoms with Crippen LogP contribution in [0.5, 0.6) is 0 Å². The summed E-state index contributed by atoms with van der Waals surface area (Å²) in [5.41, 5.74) is 5.44. The minimum Gasteiger partial charge on any atom is -0.374 e. The van der Waals surface area contributed by atoms with Gasteiger partial charge in [0.05, 0.1) is 39.6 Å². The monoisotopic (exact) mass is 644 g/mol. The Morgan fingerprint density at radius 3 is 1.44 bits per heavy atom. The summed E-state index contributed by atoms with van der Waals surface area (Å²) in [6.07, 6.45) is -0.879. The molecule has 5 aromatic carbocycles. The maximum Gasteiger partial charge on any atom is 0.222 e. The van der Waals surface area contributed by atoms with Gasteiger partial charge in [-0.2, -0.15) is 0 Å². The minimum atomic E-state index is -1.25. The van der Waals surface area contributed by atoms with E-state index in [1.54, 1.807) is 0 Å². The molecule has 248 valence electrons. The molecule has 0 aliphatic carbocycles. The van der Waals surface area contributed by atoms with Gasteiger partial charge in [0.15, 0.2) is 0 Å². The van der Waals surface area contributed by atoms with E-state index in [2.05, 4.69) is 48.5 Å². The van der Waals surface area contributed by atoms with Gasteiger partial charge in [-0.05, 0) is 34.2 Å². The summed E-state index contributed by atoms with van der Waals surface area (Å²) in [5, 5.41) is 0. The fourth-order valence-electron chi connectivity index (χ4n) is 5.92. The van der Waals surface area contributed by atoms with E-state index in [1.165, 1.54) is 5.56 Å². The first kappa shape index (κ1) is 33.7. The van der Waals surface area contributed by atoms with Crippen LogP contribution in [-0.2, 0) is 61.3 Å². The fraction of sp³-hybridized carbons (Fsp3) is 0.286. The first-order valence-electron chi connectivity index (χ1n) is 16.7. The summed E-state index contributed by atoms with van der Waals surface area (Å²) in [6.45, 7) is 2.46. The van der Waals surface area contributed by atoms with Gasteiger partial charge in [0, 0.05) is 0 Å². The summed E-state index contributed by atoms with van der Waals surface area (Å²) < 4.78 is 39.9. The maximum atomic E-state index is 6.94. The predicted octanol–water partition coefficient (Wildman–Crippen LogP) is 7.95. The van der Waals surface area contributed by atoms with Crippen molar-refractivity contribution in [1.29, 1.82) is 0 Å². The molecule has 48 heavy (non-hydrogen) atoms. The van der Waals surface area contributed by atoms with Crippen LogP contribution in [0.1, 0.15) is 27.8 Å². The van der Waals surface area contributed by atoms with Gasteiger partial charge in [0.1, 0.15) is 24.9 Å². The van der Waals surface area contributed by atoms with Crippen LogP contribution in [0.25, 0.3) is 0 Å². The largest absolute Gasteiger partial charge is 0.374 e.